The van der Waals surface area contributed by atoms with Crippen molar-refractivity contribution >= 4 is 33.0 Å². The summed E-state index contributed by atoms with van der Waals surface area (Å²) in [5.41, 5.74) is 1.59. The average Bonchev–Trinajstić information content (AvgIpc) is 3.68. The smallest absolute Gasteiger partial charge is 0.280 e. The predicted octanol–water partition coefficient (Wildman–Crippen LogP) is 2.02. The van der Waals surface area contributed by atoms with Gasteiger partial charge in [-0.05, 0) is 38.9 Å². The van der Waals surface area contributed by atoms with E-state index in [9.17, 15) is 13.2 Å². The van der Waals surface area contributed by atoms with Gasteiger partial charge in [0, 0.05) is 45.1 Å². The minimum Gasteiger partial charge on any atom is -0.477 e. The number of anilines is 1. The number of piperazine rings is 1. The quantitative estimate of drug-likeness (QED) is 0.350. The second-order valence-corrected chi connectivity index (χ2v) is 12.6. The number of sulfonamides is 1. The van der Waals surface area contributed by atoms with Crippen molar-refractivity contribution < 1.29 is 17.9 Å². The van der Waals surface area contributed by atoms with Crippen LogP contribution in [0.25, 0.3) is 10.6 Å². The molecule has 1 unspecified atom stereocenters. The lowest BCUT2D eigenvalue weighted by Gasteiger charge is -2.34. The molecule has 0 aromatic carbocycles. The monoisotopic (exact) mass is 572 g/mol. The van der Waals surface area contributed by atoms with Crippen molar-refractivity contribution in [3.63, 3.8) is 0 Å². The van der Waals surface area contributed by atoms with Crippen molar-refractivity contribution in [3.05, 3.63) is 47.6 Å². The molecule has 5 rings (SSSR count). The van der Waals surface area contributed by atoms with Crippen LogP contribution in [0.5, 0.6) is 5.88 Å². The van der Waals surface area contributed by atoms with Crippen molar-refractivity contribution in [2.45, 2.75) is 31.1 Å². The third kappa shape index (κ3) is 7.06. The van der Waals surface area contributed by atoms with Crippen LogP contribution in [-0.2, 0) is 10.0 Å². The summed E-state index contributed by atoms with van der Waals surface area (Å²) in [7, 11) is -1.34. The molecule has 0 radical (unpaired) electrons. The summed E-state index contributed by atoms with van der Waals surface area (Å²) in [5, 5.41) is 3.02. The number of pyridine rings is 1. The normalized spacial score (nSPS) is 17.5. The van der Waals surface area contributed by atoms with Crippen molar-refractivity contribution in [2.24, 2.45) is 0 Å². The standard InChI is InChI=1S/C25H32N8O4S2/c1-3-37-23-15-26-13-20(29-23)22-14-28-25(38-22)24(34)30-21(16-33-10-8-32(2)9-11-33)19-12-17(6-7-27-19)31-39(35,36)18-4-5-18/h6-7,12-15,18,21H,3-5,8-11,16H2,1-2H3,(H,27,31)(H,30,34). The van der Waals surface area contributed by atoms with Crippen LogP contribution in [0, 0.1) is 0 Å². The van der Waals surface area contributed by atoms with E-state index in [0.29, 0.717) is 53.8 Å². The zero-order valence-electron chi connectivity index (χ0n) is 21.9. The number of ether oxygens (including phenoxy) is 1. The maximum absolute atomic E-state index is 13.4. The molecule has 12 nitrogen and oxygen atoms in total. The molecule has 1 saturated carbocycles. The first-order valence-electron chi connectivity index (χ1n) is 12.9. The first kappa shape index (κ1) is 27.4. The average molecular weight is 573 g/mol. The number of hydrogen-bond acceptors (Lipinski definition) is 11. The summed E-state index contributed by atoms with van der Waals surface area (Å²) in [6.07, 6.45) is 7.65. The summed E-state index contributed by atoms with van der Waals surface area (Å²) in [6, 6.07) is 2.85. The van der Waals surface area contributed by atoms with Crippen LogP contribution in [0.3, 0.4) is 0 Å². The second-order valence-electron chi connectivity index (χ2n) is 9.65. The van der Waals surface area contributed by atoms with Crippen LogP contribution in [0.15, 0.2) is 36.9 Å². The zero-order chi connectivity index (χ0) is 27.4. The Morgan fingerprint density at radius 1 is 1.18 bits per heavy atom. The number of rotatable bonds is 11. The number of carbonyl (C=O) groups excluding carboxylic acids is 1. The van der Waals surface area contributed by atoms with Crippen molar-refractivity contribution in [1.82, 2.24) is 35.1 Å². The maximum atomic E-state index is 13.4. The predicted molar refractivity (Wildman–Crippen MR) is 148 cm³/mol. The Labute approximate surface area is 231 Å². The van der Waals surface area contributed by atoms with E-state index in [4.69, 9.17) is 4.74 Å². The number of aromatic nitrogens is 4. The fraction of sp³-hybridized carbons (Fsp3) is 0.480. The number of nitrogens with one attached hydrogen (secondary N) is 2. The Morgan fingerprint density at radius 3 is 2.72 bits per heavy atom. The number of likely N-dealkylation sites (N-methyl/N-ethyl adjacent to an activating group) is 1. The molecule has 2 fully saturated rings. The Hall–Kier alpha value is -3.20. The Morgan fingerprint density at radius 2 is 1.97 bits per heavy atom. The molecule has 4 heterocycles. The van der Waals surface area contributed by atoms with E-state index in [0.717, 1.165) is 26.2 Å². The molecule has 1 atom stereocenters. The molecule has 2 aliphatic rings. The Balaban J connectivity index is 1.35. The van der Waals surface area contributed by atoms with E-state index in [1.807, 2.05) is 6.92 Å². The topological polar surface area (TPSA) is 143 Å². The van der Waals surface area contributed by atoms with Gasteiger partial charge in [0.1, 0.15) is 5.69 Å². The number of hydrogen-bond donors (Lipinski definition) is 2. The van der Waals surface area contributed by atoms with E-state index in [1.54, 1.807) is 30.7 Å². The molecule has 1 aliphatic heterocycles. The van der Waals surface area contributed by atoms with Gasteiger partial charge < -0.3 is 15.0 Å². The van der Waals surface area contributed by atoms with Gasteiger partial charge in [0.25, 0.3) is 5.91 Å². The molecule has 0 spiro atoms. The Bertz CT molecular complexity index is 1400. The van der Waals surface area contributed by atoms with Crippen LogP contribution in [0.2, 0.25) is 0 Å². The summed E-state index contributed by atoms with van der Waals surface area (Å²) in [6.45, 7) is 6.43. The van der Waals surface area contributed by atoms with E-state index in [-0.39, 0.29) is 16.2 Å². The third-order valence-corrected chi connectivity index (χ3v) is 9.45. The molecule has 2 N–H and O–H groups in total. The second kappa shape index (κ2) is 11.9. The summed E-state index contributed by atoms with van der Waals surface area (Å²) in [5.74, 6) is 0.0648. The first-order chi connectivity index (χ1) is 18.8. The van der Waals surface area contributed by atoms with E-state index in [1.165, 1.54) is 17.5 Å². The van der Waals surface area contributed by atoms with Gasteiger partial charge in [0.15, 0.2) is 5.01 Å². The molecule has 1 saturated heterocycles. The highest BCUT2D eigenvalue weighted by molar-refractivity contribution is 7.93. The van der Waals surface area contributed by atoms with Crippen LogP contribution >= 0.6 is 11.3 Å². The number of amides is 1. The molecule has 14 heteroatoms. The number of carbonyl (C=O) groups is 1. The lowest BCUT2D eigenvalue weighted by atomic mass is 10.1. The maximum Gasteiger partial charge on any atom is 0.280 e. The van der Waals surface area contributed by atoms with E-state index in [2.05, 4.69) is 46.8 Å². The highest BCUT2D eigenvalue weighted by Gasteiger charge is 2.36. The van der Waals surface area contributed by atoms with Crippen LogP contribution < -0.4 is 14.8 Å². The molecule has 1 aliphatic carbocycles. The molecule has 0 bridgehead atoms. The largest absolute Gasteiger partial charge is 0.477 e. The van der Waals surface area contributed by atoms with E-state index < -0.39 is 16.1 Å². The molecule has 1 amide bonds. The zero-order valence-corrected chi connectivity index (χ0v) is 23.5. The fourth-order valence-electron chi connectivity index (χ4n) is 4.23. The fourth-order valence-corrected chi connectivity index (χ4v) is 6.38. The molecule has 39 heavy (non-hydrogen) atoms. The van der Waals surface area contributed by atoms with Crippen molar-refractivity contribution in [3.8, 4) is 16.5 Å². The van der Waals surface area contributed by atoms with Gasteiger partial charge in [-0.3, -0.25) is 24.4 Å². The molecule has 3 aromatic rings. The number of nitrogens with zero attached hydrogens (tertiary/aromatic N) is 6. The van der Waals surface area contributed by atoms with Gasteiger partial charge in [-0.2, -0.15) is 0 Å². The summed E-state index contributed by atoms with van der Waals surface area (Å²) >= 11 is 1.21. The van der Waals surface area contributed by atoms with Gasteiger partial charge >= 0.3 is 0 Å². The van der Waals surface area contributed by atoms with Gasteiger partial charge in [-0.25, -0.2) is 18.4 Å². The van der Waals surface area contributed by atoms with Crippen molar-refractivity contribution in [2.75, 3.05) is 51.1 Å². The van der Waals surface area contributed by atoms with Gasteiger partial charge in [0.05, 0.1) is 46.6 Å². The van der Waals surface area contributed by atoms with Crippen LogP contribution in [-0.4, -0.2) is 95.7 Å². The SMILES string of the molecule is CCOc1cncc(-c2cnc(C(=O)NC(CN3CCN(C)CC3)c3cc(NS(=O)(=O)C4CC4)ccn3)s2)n1. The van der Waals surface area contributed by atoms with Gasteiger partial charge in [0.2, 0.25) is 15.9 Å². The molecule has 208 valence electrons. The van der Waals surface area contributed by atoms with E-state index >= 15 is 0 Å². The summed E-state index contributed by atoms with van der Waals surface area (Å²) < 4.78 is 33.1. The third-order valence-electron chi connectivity index (χ3n) is 6.56. The Kier molecular flexibility index (Phi) is 8.35. The molecule has 3 aromatic heterocycles. The lowest BCUT2D eigenvalue weighted by molar-refractivity contribution is 0.0905. The summed E-state index contributed by atoms with van der Waals surface area (Å²) in [4.78, 5) is 36.0. The van der Waals surface area contributed by atoms with Crippen LogP contribution in [0.1, 0.15) is 41.3 Å². The highest BCUT2D eigenvalue weighted by atomic mass is 32.2. The highest BCUT2D eigenvalue weighted by Crippen LogP contribution is 2.30. The lowest BCUT2D eigenvalue weighted by Crippen LogP contribution is -2.48. The molecular formula is C25H32N8O4S2. The number of thiazole rings is 1. The minimum absolute atomic E-state index is 0.280. The van der Waals surface area contributed by atoms with Crippen LogP contribution in [0.4, 0.5) is 5.69 Å². The minimum atomic E-state index is -3.42. The molecular weight excluding hydrogens is 540 g/mol. The van der Waals surface area contributed by atoms with Gasteiger partial charge in [-0.15, -0.1) is 11.3 Å². The van der Waals surface area contributed by atoms with Crippen molar-refractivity contribution in [1.29, 1.82) is 0 Å². The van der Waals surface area contributed by atoms with Gasteiger partial charge in [-0.1, -0.05) is 0 Å². The first-order valence-corrected chi connectivity index (χ1v) is 15.3.